The maximum Gasteiger partial charge on any atom is 0.0294 e. The Labute approximate surface area is 117 Å². The summed E-state index contributed by atoms with van der Waals surface area (Å²) in [4.78, 5) is 0. The molecule has 0 amide bonds. The summed E-state index contributed by atoms with van der Waals surface area (Å²) >= 11 is 2.02. The molecule has 2 unspecified atom stereocenters. The minimum Gasteiger partial charge on any atom is -0.308 e. The lowest BCUT2D eigenvalue weighted by molar-refractivity contribution is 0.471. The minimum atomic E-state index is 0.442. The Hall–Kier alpha value is -0.470. The molecular weight excluding hydrogens is 238 g/mol. The van der Waals surface area contributed by atoms with Gasteiger partial charge in [-0.1, -0.05) is 38.1 Å². The summed E-state index contributed by atoms with van der Waals surface area (Å²) < 4.78 is 0. The first kappa shape index (κ1) is 15.6. The lowest BCUT2D eigenvalue weighted by atomic mass is 10.0. The predicted octanol–water partition coefficient (Wildman–Crippen LogP) is 4.43. The van der Waals surface area contributed by atoms with Crippen molar-refractivity contribution in [3.63, 3.8) is 0 Å². The SMILES string of the molecule is CCSCCC(C)NC(C)c1ccc(CC)cc1. The summed E-state index contributed by atoms with van der Waals surface area (Å²) in [6.45, 7) is 8.96. The van der Waals surface area contributed by atoms with Gasteiger partial charge in [-0.15, -0.1) is 0 Å². The number of hydrogen-bond acceptors (Lipinski definition) is 2. The molecule has 0 aliphatic rings. The quantitative estimate of drug-likeness (QED) is 0.698. The molecule has 0 aliphatic carbocycles. The van der Waals surface area contributed by atoms with Crippen molar-refractivity contribution in [1.82, 2.24) is 5.32 Å². The minimum absolute atomic E-state index is 0.442. The second kappa shape index (κ2) is 8.60. The molecule has 1 aromatic rings. The van der Waals surface area contributed by atoms with Crippen molar-refractivity contribution in [3.8, 4) is 0 Å². The average Bonchev–Trinajstić information content (AvgIpc) is 2.39. The van der Waals surface area contributed by atoms with Crippen molar-refractivity contribution in [2.75, 3.05) is 11.5 Å². The van der Waals surface area contributed by atoms with E-state index < -0.39 is 0 Å². The van der Waals surface area contributed by atoms with Gasteiger partial charge >= 0.3 is 0 Å². The first-order chi connectivity index (χ1) is 8.67. The van der Waals surface area contributed by atoms with Crippen LogP contribution in [0.15, 0.2) is 24.3 Å². The van der Waals surface area contributed by atoms with Crippen LogP contribution < -0.4 is 5.32 Å². The Morgan fingerprint density at radius 2 is 1.78 bits per heavy atom. The van der Waals surface area contributed by atoms with Crippen molar-refractivity contribution in [2.45, 2.75) is 52.6 Å². The zero-order valence-corrected chi connectivity index (χ0v) is 13.0. The summed E-state index contributed by atoms with van der Waals surface area (Å²) in [5.41, 5.74) is 2.81. The summed E-state index contributed by atoms with van der Waals surface area (Å²) in [6, 6.07) is 10.0. The van der Waals surface area contributed by atoms with Gasteiger partial charge in [0.05, 0.1) is 0 Å². The molecule has 1 rings (SSSR count). The number of aryl methyl sites for hydroxylation is 1. The topological polar surface area (TPSA) is 12.0 Å². The molecule has 1 N–H and O–H groups in total. The third-order valence-electron chi connectivity index (χ3n) is 3.32. The molecule has 0 fully saturated rings. The molecule has 1 aromatic carbocycles. The molecule has 0 spiro atoms. The fourth-order valence-electron chi connectivity index (χ4n) is 2.05. The van der Waals surface area contributed by atoms with Crippen molar-refractivity contribution in [3.05, 3.63) is 35.4 Å². The lowest BCUT2D eigenvalue weighted by Gasteiger charge is -2.20. The van der Waals surface area contributed by atoms with Gasteiger partial charge in [-0.25, -0.2) is 0 Å². The van der Waals surface area contributed by atoms with Crippen LogP contribution >= 0.6 is 11.8 Å². The van der Waals surface area contributed by atoms with Crippen molar-refractivity contribution in [2.24, 2.45) is 0 Å². The monoisotopic (exact) mass is 265 g/mol. The van der Waals surface area contributed by atoms with Gasteiger partial charge in [-0.2, -0.15) is 11.8 Å². The van der Waals surface area contributed by atoms with Crippen LogP contribution in [0.5, 0.6) is 0 Å². The fourth-order valence-corrected chi connectivity index (χ4v) is 2.86. The molecule has 2 heteroatoms. The Bertz CT molecular complexity index is 320. The molecule has 102 valence electrons. The van der Waals surface area contributed by atoms with Gasteiger partial charge in [-0.05, 0) is 49.3 Å². The van der Waals surface area contributed by atoms with Gasteiger partial charge in [0.25, 0.3) is 0 Å². The Balaban J connectivity index is 2.40. The van der Waals surface area contributed by atoms with Crippen LogP contribution in [-0.4, -0.2) is 17.5 Å². The van der Waals surface area contributed by atoms with E-state index >= 15 is 0 Å². The second-order valence-electron chi connectivity index (χ2n) is 4.87. The third-order valence-corrected chi connectivity index (χ3v) is 4.25. The Morgan fingerprint density at radius 3 is 2.33 bits per heavy atom. The molecule has 0 aliphatic heterocycles. The Morgan fingerprint density at radius 1 is 1.11 bits per heavy atom. The number of hydrogen-bond donors (Lipinski definition) is 1. The van der Waals surface area contributed by atoms with E-state index in [0.717, 1.165) is 6.42 Å². The normalized spacial score (nSPS) is 14.4. The van der Waals surface area contributed by atoms with Crippen molar-refractivity contribution in [1.29, 1.82) is 0 Å². The molecule has 0 heterocycles. The number of benzene rings is 1. The molecule has 0 saturated heterocycles. The molecule has 1 nitrogen and oxygen atoms in total. The molecule has 18 heavy (non-hydrogen) atoms. The van der Waals surface area contributed by atoms with Gasteiger partial charge < -0.3 is 5.32 Å². The fraction of sp³-hybridized carbons (Fsp3) is 0.625. The highest BCUT2D eigenvalue weighted by atomic mass is 32.2. The molecule has 0 saturated carbocycles. The first-order valence-electron chi connectivity index (χ1n) is 7.10. The molecule has 0 bridgehead atoms. The van der Waals surface area contributed by atoms with E-state index in [0.29, 0.717) is 12.1 Å². The highest BCUT2D eigenvalue weighted by Gasteiger charge is 2.09. The predicted molar refractivity (Wildman–Crippen MR) is 84.4 cm³/mol. The van der Waals surface area contributed by atoms with Gasteiger partial charge in [0.15, 0.2) is 0 Å². The lowest BCUT2D eigenvalue weighted by Crippen LogP contribution is -2.29. The van der Waals surface area contributed by atoms with E-state index in [1.54, 1.807) is 0 Å². The van der Waals surface area contributed by atoms with E-state index in [-0.39, 0.29) is 0 Å². The van der Waals surface area contributed by atoms with Crippen LogP contribution in [0.1, 0.15) is 51.3 Å². The van der Waals surface area contributed by atoms with E-state index in [4.69, 9.17) is 0 Å². The Kier molecular flexibility index (Phi) is 7.45. The van der Waals surface area contributed by atoms with Crippen LogP contribution in [0.25, 0.3) is 0 Å². The average molecular weight is 265 g/mol. The summed E-state index contributed by atoms with van der Waals surface area (Å²) in [5.74, 6) is 2.48. The standard InChI is InChI=1S/C16H27NS/c1-5-15-7-9-16(10-8-15)14(4)17-13(3)11-12-18-6-2/h7-10,13-14,17H,5-6,11-12H2,1-4H3. The van der Waals surface area contributed by atoms with Gasteiger partial charge in [0.1, 0.15) is 0 Å². The van der Waals surface area contributed by atoms with E-state index in [9.17, 15) is 0 Å². The summed E-state index contributed by atoms with van der Waals surface area (Å²) in [6.07, 6.45) is 2.36. The van der Waals surface area contributed by atoms with Crippen LogP contribution in [0.3, 0.4) is 0 Å². The first-order valence-corrected chi connectivity index (χ1v) is 8.25. The zero-order chi connectivity index (χ0) is 13.4. The van der Waals surface area contributed by atoms with Crippen LogP contribution in [0.4, 0.5) is 0 Å². The number of nitrogens with one attached hydrogen (secondary N) is 1. The van der Waals surface area contributed by atoms with E-state index in [2.05, 4.69) is 57.3 Å². The van der Waals surface area contributed by atoms with E-state index in [1.807, 2.05) is 11.8 Å². The number of thioether (sulfide) groups is 1. The third kappa shape index (κ3) is 5.45. The number of rotatable bonds is 8. The summed E-state index contributed by atoms with van der Waals surface area (Å²) in [7, 11) is 0. The molecule has 2 atom stereocenters. The van der Waals surface area contributed by atoms with Crippen LogP contribution in [0, 0.1) is 0 Å². The van der Waals surface area contributed by atoms with Crippen molar-refractivity contribution < 1.29 is 0 Å². The molecule has 0 radical (unpaired) electrons. The maximum absolute atomic E-state index is 3.68. The summed E-state index contributed by atoms with van der Waals surface area (Å²) in [5, 5.41) is 3.68. The van der Waals surface area contributed by atoms with Gasteiger partial charge in [0, 0.05) is 12.1 Å². The highest BCUT2D eigenvalue weighted by Crippen LogP contribution is 2.15. The van der Waals surface area contributed by atoms with Crippen LogP contribution in [0.2, 0.25) is 0 Å². The van der Waals surface area contributed by atoms with Crippen molar-refractivity contribution >= 4 is 11.8 Å². The van der Waals surface area contributed by atoms with E-state index in [1.165, 1.54) is 29.1 Å². The second-order valence-corrected chi connectivity index (χ2v) is 6.26. The molecule has 0 aromatic heterocycles. The largest absolute Gasteiger partial charge is 0.308 e. The molecular formula is C16H27NS. The zero-order valence-electron chi connectivity index (χ0n) is 12.2. The van der Waals surface area contributed by atoms with Gasteiger partial charge in [0.2, 0.25) is 0 Å². The highest BCUT2D eigenvalue weighted by molar-refractivity contribution is 7.99. The van der Waals surface area contributed by atoms with Crippen LogP contribution in [-0.2, 0) is 6.42 Å². The smallest absolute Gasteiger partial charge is 0.0294 e. The van der Waals surface area contributed by atoms with Gasteiger partial charge in [-0.3, -0.25) is 0 Å². The maximum atomic E-state index is 3.68.